The van der Waals surface area contributed by atoms with E-state index in [0.29, 0.717) is 23.1 Å². The van der Waals surface area contributed by atoms with Crippen LogP contribution in [0.4, 0.5) is 17.3 Å². The van der Waals surface area contributed by atoms with E-state index in [1.807, 2.05) is 18.2 Å². The van der Waals surface area contributed by atoms with Crippen LogP contribution in [-0.2, 0) is 16.4 Å². The second-order valence-corrected chi connectivity index (χ2v) is 11.3. The van der Waals surface area contributed by atoms with Crippen LogP contribution in [0.2, 0.25) is 5.02 Å². The molecule has 3 aromatic rings. The van der Waals surface area contributed by atoms with Gasteiger partial charge < -0.3 is 15.1 Å². The van der Waals surface area contributed by atoms with Crippen LogP contribution in [-0.4, -0.2) is 62.6 Å². The Morgan fingerprint density at radius 3 is 2.51 bits per heavy atom. The molecule has 1 aliphatic carbocycles. The molecule has 2 aliphatic rings. The normalized spacial score (nSPS) is 16.9. The number of benzene rings is 2. The van der Waals surface area contributed by atoms with E-state index in [-0.39, 0.29) is 10.9 Å². The van der Waals surface area contributed by atoms with Gasteiger partial charge in [0, 0.05) is 50.0 Å². The van der Waals surface area contributed by atoms with Crippen molar-refractivity contribution in [3.8, 4) is 0 Å². The van der Waals surface area contributed by atoms with Crippen LogP contribution in [0.15, 0.2) is 59.6 Å². The van der Waals surface area contributed by atoms with E-state index < -0.39 is 10.0 Å². The van der Waals surface area contributed by atoms with Gasteiger partial charge in [-0.1, -0.05) is 23.7 Å². The van der Waals surface area contributed by atoms with Crippen molar-refractivity contribution in [1.29, 1.82) is 0 Å². The molecule has 2 N–H and O–H groups in total. The van der Waals surface area contributed by atoms with Gasteiger partial charge >= 0.3 is 0 Å². The second kappa shape index (κ2) is 10.1. The number of piperazine rings is 1. The second-order valence-electron chi connectivity index (χ2n) is 9.17. The number of anilines is 3. The van der Waals surface area contributed by atoms with Crippen molar-refractivity contribution in [1.82, 2.24) is 19.6 Å². The van der Waals surface area contributed by atoms with E-state index in [4.69, 9.17) is 11.6 Å². The van der Waals surface area contributed by atoms with Gasteiger partial charge in [-0.3, -0.25) is 0 Å². The molecule has 1 aromatic heterocycles. The van der Waals surface area contributed by atoms with Gasteiger partial charge in [-0.25, -0.2) is 23.1 Å². The molecule has 35 heavy (non-hydrogen) atoms. The average molecular weight is 513 g/mol. The van der Waals surface area contributed by atoms with Crippen LogP contribution in [0, 0.1) is 0 Å². The number of hydrogen-bond acceptors (Lipinski definition) is 7. The Morgan fingerprint density at radius 2 is 1.80 bits per heavy atom. The summed E-state index contributed by atoms with van der Waals surface area (Å²) in [7, 11) is -1.37. The first-order valence-corrected chi connectivity index (χ1v) is 13.7. The highest BCUT2D eigenvalue weighted by molar-refractivity contribution is 7.89. The lowest BCUT2D eigenvalue weighted by Gasteiger charge is -2.34. The molecular formula is C25H29ClN6O2S. The van der Waals surface area contributed by atoms with Crippen molar-refractivity contribution in [2.24, 2.45) is 0 Å². The van der Waals surface area contributed by atoms with Gasteiger partial charge in [0.25, 0.3) is 0 Å². The van der Waals surface area contributed by atoms with Crippen molar-refractivity contribution in [2.75, 3.05) is 43.4 Å². The summed E-state index contributed by atoms with van der Waals surface area (Å²) in [6.45, 7) is 4.17. The first-order valence-electron chi connectivity index (χ1n) is 11.8. The first kappa shape index (κ1) is 24.0. The maximum atomic E-state index is 12.6. The fourth-order valence-electron chi connectivity index (χ4n) is 4.04. The molecule has 2 heterocycles. The molecule has 8 nitrogen and oxygen atoms in total. The quantitative estimate of drug-likeness (QED) is 0.476. The van der Waals surface area contributed by atoms with Crippen LogP contribution >= 0.6 is 11.6 Å². The lowest BCUT2D eigenvalue weighted by molar-refractivity contribution is 0.313. The summed E-state index contributed by atoms with van der Waals surface area (Å²) < 4.78 is 27.9. The van der Waals surface area contributed by atoms with Crippen molar-refractivity contribution < 1.29 is 8.42 Å². The fraction of sp³-hybridized carbons (Fsp3) is 0.360. The molecule has 1 saturated carbocycles. The number of nitrogens with zero attached hydrogens (tertiary/aromatic N) is 4. The number of likely N-dealkylation sites (N-methyl/N-ethyl adjacent to an activating group) is 1. The van der Waals surface area contributed by atoms with E-state index in [9.17, 15) is 8.42 Å². The average Bonchev–Trinajstić information content (AvgIpc) is 3.66. The number of rotatable bonds is 8. The molecule has 1 aliphatic heterocycles. The Balaban J connectivity index is 1.27. The summed E-state index contributed by atoms with van der Waals surface area (Å²) in [6.07, 6.45) is 3.75. The maximum absolute atomic E-state index is 12.6. The SMILES string of the molecule is CN1CCN(c2ccc(Nc3ncc(Cl)c(Cc4cccc(S(=O)(=O)NC5CC5)c4)n3)cc2)CC1. The molecule has 2 aromatic carbocycles. The minimum atomic E-state index is -3.52. The summed E-state index contributed by atoms with van der Waals surface area (Å²) >= 11 is 6.38. The van der Waals surface area contributed by atoms with Gasteiger partial charge in [-0.2, -0.15) is 0 Å². The van der Waals surface area contributed by atoms with Crippen LogP contribution in [0.25, 0.3) is 0 Å². The van der Waals surface area contributed by atoms with Crippen LogP contribution < -0.4 is 14.9 Å². The van der Waals surface area contributed by atoms with Crippen LogP contribution in [0.3, 0.4) is 0 Å². The van der Waals surface area contributed by atoms with Gasteiger partial charge in [-0.15, -0.1) is 0 Å². The zero-order valence-corrected chi connectivity index (χ0v) is 21.2. The molecular weight excluding hydrogens is 484 g/mol. The lowest BCUT2D eigenvalue weighted by Crippen LogP contribution is -2.44. The summed E-state index contributed by atoms with van der Waals surface area (Å²) in [4.78, 5) is 13.9. The van der Waals surface area contributed by atoms with Crippen molar-refractivity contribution in [3.63, 3.8) is 0 Å². The topological polar surface area (TPSA) is 90.5 Å². The number of aromatic nitrogens is 2. The molecule has 5 rings (SSSR count). The largest absolute Gasteiger partial charge is 0.369 e. The summed E-state index contributed by atoms with van der Waals surface area (Å²) in [5.41, 5.74) is 3.53. The molecule has 10 heteroatoms. The van der Waals surface area contributed by atoms with Crippen LogP contribution in [0.1, 0.15) is 24.1 Å². The molecule has 184 valence electrons. The standard InChI is InChI=1S/C25H29ClN6O2S/c1-31-11-13-32(14-12-31)21-9-7-19(8-10-21)28-25-27-17-23(26)24(29-25)16-18-3-2-4-22(15-18)35(33,34)30-20-5-6-20/h2-4,7-10,15,17,20,30H,5-6,11-14,16H2,1H3,(H,27,28,29). The molecule has 0 amide bonds. The third-order valence-electron chi connectivity index (χ3n) is 6.29. The molecule has 0 spiro atoms. The predicted octanol–water partition coefficient (Wildman–Crippen LogP) is 3.66. The molecule has 0 unspecified atom stereocenters. The molecule has 2 fully saturated rings. The van der Waals surface area contributed by atoms with Gasteiger partial charge in [-0.05, 0) is 61.9 Å². The number of halogens is 1. The monoisotopic (exact) mass is 512 g/mol. The number of hydrogen-bond donors (Lipinski definition) is 2. The minimum absolute atomic E-state index is 0.0595. The number of sulfonamides is 1. The Kier molecular flexibility index (Phi) is 6.93. The molecule has 1 saturated heterocycles. The Hall–Kier alpha value is -2.72. The van der Waals surface area contributed by atoms with Gasteiger partial charge in [0.1, 0.15) is 0 Å². The predicted molar refractivity (Wildman–Crippen MR) is 139 cm³/mol. The van der Waals surface area contributed by atoms with Gasteiger partial charge in [0.2, 0.25) is 16.0 Å². The van der Waals surface area contributed by atoms with E-state index in [1.165, 1.54) is 5.69 Å². The van der Waals surface area contributed by atoms with E-state index in [2.05, 4.69) is 49.0 Å². The van der Waals surface area contributed by atoms with E-state index in [1.54, 1.807) is 24.4 Å². The fourth-order valence-corrected chi connectivity index (χ4v) is 5.57. The zero-order valence-electron chi connectivity index (χ0n) is 19.6. The lowest BCUT2D eigenvalue weighted by atomic mass is 10.1. The molecule has 0 radical (unpaired) electrons. The van der Waals surface area contributed by atoms with Gasteiger partial charge in [0.15, 0.2) is 0 Å². The van der Waals surface area contributed by atoms with Crippen molar-refractivity contribution >= 4 is 38.9 Å². The minimum Gasteiger partial charge on any atom is -0.369 e. The Labute approximate surface area is 211 Å². The van der Waals surface area contributed by atoms with Crippen molar-refractivity contribution in [3.05, 3.63) is 71.0 Å². The highest BCUT2D eigenvalue weighted by Crippen LogP contribution is 2.25. The van der Waals surface area contributed by atoms with Crippen LogP contribution in [0.5, 0.6) is 0 Å². The third-order valence-corrected chi connectivity index (χ3v) is 8.12. The summed E-state index contributed by atoms with van der Waals surface area (Å²) in [5.74, 6) is 0.441. The molecule has 0 bridgehead atoms. The first-order chi connectivity index (χ1) is 16.9. The Morgan fingerprint density at radius 1 is 1.06 bits per heavy atom. The van der Waals surface area contributed by atoms with E-state index in [0.717, 1.165) is 50.3 Å². The summed E-state index contributed by atoms with van der Waals surface area (Å²) in [6, 6.07) is 15.2. The van der Waals surface area contributed by atoms with E-state index >= 15 is 0 Å². The van der Waals surface area contributed by atoms with Gasteiger partial charge in [0.05, 0.1) is 21.8 Å². The summed E-state index contributed by atoms with van der Waals surface area (Å²) in [5, 5.41) is 3.68. The number of nitrogens with one attached hydrogen (secondary N) is 2. The Bertz CT molecular complexity index is 1290. The zero-order chi connectivity index (χ0) is 24.4. The van der Waals surface area contributed by atoms with Crippen molar-refractivity contribution in [2.45, 2.75) is 30.2 Å². The third kappa shape index (κ3) is 6.10. The molecule has 0 atom stereocenters. The maximum Gasteiger partial charge on any atom is 0.240 e. The highest BCUT2D eigenvalue weighted by Gasteiger charge is 2.28. The highest BCUT2D eigenvalue weighted by atomic mass is 35.5. The smallest absolute Gasteiger partial charge is 0.240 e.